The van der Waals surface area contributed by atoms with E-state index in [2.05, 4.69) is 20.3 Å². The molecule has 0 radical (unpaired) electrons. The molecule has 0 bridgehead atoms. The van der Waals surface area contributed by atoms with Crippen LogP contribution in [0.3, 0.4) is 0 Å². The van der Waals surface area contributed by atoms with Crippen molar-refractivity contribution in [2.75, 3.05) is 23.8 Å². The molecule has 3 atom stereocenters. The highest BCUT2D eigenvalue weighted by molar-refractivity contribution is 7.99. The van der Waals surface area contributed by atoms with Crippen LogP contribution in [0.1, 0.15) is 5.69 Å². The molecule has 4 heterocycles. The molecule has 2 aliphatic rings. The van der Waals surface area contributed by atoms with E-state index in [0.717, 1.165) is 21.1 Å². The molecule has 2 aromatic heterocycles. The highest BCUT2D eigenvalue weighted by Crippen LogP contribution is 2.36. The first-order chi connectivity index (χ1) is 18.1. The van der Waals surface area contributed by atoms with Crippen LogP contribution < -0.4 is 15.6 Å². The number of aromatic nitrogens is 2. The van der Waals surface area contributed by atoms with Gasteiger partial charge in [0.25, 0.3) is 11.8 Å². The van der Waals surface area contributed by atoms with Gasteiger partial charge in [0.05, 0.1) is 16.6 Å². The van der Waals surface area contributed by atoms with E-state index >= 15 is 0 Å². The number of hydrogen-bond acceptors (Lipinski definition) is 11. The minimum absolute atomic E-state index is 0.0243. The molecule has 0 spiro atoms. The Morgan fingerprint density at radius 1 is 1.37 bits per heavy atom. The number of β-lactam (4-membered cyclic amide) rings is 1. The Morgan fingerprint density at radius 3 is 2.68 bits per heavy atom. The van der Waals surface area contributed by atoms with Crippen molar-refractivity contribution in [3.63, 3.8) is 0 Å². The van der Waals surface area contributed by atoms with Gasteiger partial charge in [-0.25, -0.2) is 19.1 Å². The van der Waals surface area contributed by atoms with Gasteiger partial charge in [-0.3, -0.25) is 18.7 Å². The molecule has 0 aliphatic carbocycles. The fourth-order valence-electron chi connectivity index (χ4n) is 3.68. The van der Waals surface area contributed by atoms with Crippen molar-refractivity contribution in [2.45, 2.75) is 16.3 Å². The smallest absolute Gasteiger partial charge is 0.352 e. The number of aryl methyl sites for hydroxylation is 1. The van der Waals surface area contributed by atoms with Gasteiger partial charge in [-0.15, -0.1) is 23.1 Å². The summed E-state index contributed by atoms with van der Waals surface area (Å²) in [4.78, 5) is 59.2. The lowest BCUT2D eigenvalue weighted by Crippen LogP contribution is -2.74. The molecule has 0 aromatic carbocycles. The molecule has 5 N–H and O–H groups in total. The summed E-state index contributed by atoms with van der Waals surface area (Å²) < 4.78 is 14.9. The lowest BCUT2D eigenvalue weighted by molar-refractivity contribution is -0.671. The number of aliphatic carboxylic acids is 2. The van der Waals surface area contributed by atoms with Crippen LogP contribution in [0.5, 0.6) is 0 Å². The van der Waals surface area contributed by atoms with Crippen molar-refractivity contribution in [2.24, 2.45) is 12.2 Å². The Hall–Kier alpha value is -3.83. The number of fused-ring (bicyclic) bond motifs is 1. The van der Waals surface area contributed by atoms with Crippen LogP contribution >= 0.6 is 23.1 Å². The minimum atomic E-state index is -1.72. The Bertz CT molecular complexity index is 1390. The molecule has 2 aromatic rings. The zero-order chi connectivity index (χ0) is 27.6. The minimum Gasteiger partial charge on any atom is -0.479 e. The molecule has 38 heavy (non-hydrogen) atoms. The van der Waals surface area contributed by atoms with E-state index in [-0.39, 0.29) is 28.0 Å². The number of carbonyl (C=O) groups excluding carboxylic acids is 2. The third-order valence-corrected chi connectivity index (χ3v) is 8.81. The van der Waals surface area contributed by atoms with Gasteiger partial charge < -0.3 is 26.1 Å². The molecule has 2 aliphatic heterocycles. The first-order valence-electron chi connectivity index (χ1n) is 10.7. The fraction of sp³-hybridized carbons (Fsp3) is 0.286. The van der Waals surface area contributed by atoms with Crippen LogP contribution in [0.15, 0.2) is 51.2 Å². The number of carboxylic acid groups (broad SMARTS) is 2. The topological polar surface area (TPSA) is 205 Å². The van der Waals surface area contributed by atoms with Crippen LogP contribution in [0.2, 0.25) is 0 Å². The lowest BCUT2D eigenvalue weighted by Gasteiger charge is -2.49. The van der Waals surface area contributed by atoms with Gasteiger partial charge in [-0.05, 0) is 5.57 Å². The maximum Gasteiger partial charge on any atom is 0.352 e. The van der Waals surface area contributed by atoms with Crippen molar-refractivity contribution in [3.05, 3.63) is 46.9 Å². The van der Waals surface area contributed by atoms with Crippen LogP contribution in [-0.2, 0) is 41.9 Å². The lowest BCUT2D eigenvalue weighted by atomic mass is 10.0. The van der Waals surface area contributed by atoms with Crippen molar-refractivity contribution in [3.8, 4) is 0 Å². The number of carboxylic acids is 2. The van der Waals surface area contributed by atoms with E-state index in [0.29, 0.717) is 5.57 Å². The van der Waals surface area contributed by atoms with Crippen LogP contribution in [0.4, 0.5) is 5.13 Å². The Balaban J connectivity index is 1.53. The highest BCUT2D eigenvalue weighted by Gasteiger charge is 2.57. The number of thiazole rings is 1. The average Bonchev–Trinajstić information content (AvgIpc) is 3.29. The summed E-state index contributed by atoms with van der Waals surface area (Å²) >= 11 is 2.34. The molecule has 17 heteroatoms. The largest absolute Gasteiger partial charge is 0.479 e. The quantitative estimate of drug-likeness (QED) is 0.0871. The molecule has 1 fully saturated rings. The first kappa shape index (κ1) is 27.2. The number of nitrogens with zero attached hydrogens (tertiary/aromatic N) is 4. The van der Waals surface area contributed by atoms with Crippen molar-refractivity contribution in [1.29, 1.82) is 0 Å². The summed E-state index contributed by atoms with van der Waals surface area (Å²) in [6.45, 7) is -0.839. The summed E-state index contributed by atoms with van der Waals surface area (Å²) in [5.41, 5.74) is 5.21. The maximum atomic E-state index is 13.1. The van der Waals surface area contributed by atoms with Crippen LogP contribution in [0, 0.1) is 0 Å². The zero-order valence-electron chi connectivity index (χ0n) is 19.6. The maximum absolute atomic E-state index is 13.1. The molecule has 2 amide bonds. The number of nitrogens with two attached hydrogens (primary N) is 1. The van der Waals surface area contributed by atoms with Crippen LogP contribution in [-0.4, -0.2) is 83.3 Å². The summed E-state index contributed by atoms with van der Waals surface area (Å²) in [5, 5.41) is 24.9. The van der Waals surface area contributed by atoms with E-state index in [1.807, 2.05) is 36.1 Å². The van der Waals surface area contributed by atoms with Crippen molar-refractivity contribution < 1.29 is 43.0 Å². The van der Waals surface area contributed by atoms with Gasteiger partial charge in [-0.2, -0.15) is 0 Å². The Kier molecular flexibility index (Phi) is 8.08. The van der Waals surface area contributed by atoms with Crippen molar-refractivity contribution in [1.82, 2.24) is 15.2 Å². The number of oxime groups is 1. The number of carbonyl (C=O) groups is 4. The molecule has 14 nitrogen and oxygen atoms in total. The Morgan fingerprint density at radius 2 is 2.08 bits per heavy atom. The van der Waals surface area contributed by atoms with E-state index in [1.54, 1.807) is 0 Å². The number of nitrogens with one attached hydrogen (secondary N) is 1. The fourth-order valence-corrected chi connectivity index (χ4v) is 6.94. The number of pyridine rings is 1. The second-order valence-electron chi connectivity index (χ2n) is 8.00. The van der Waals surface area contributed by atoms with Gasteiger partial charge >= 0.3 is 11.9 Å². The molecule has 4 rings (SSSR count). The number of thioether (sulfide) groups is 1. The highest BCUT2D eigenvalue weighted by atomic mass is 32.2. The third-order valence-electron chi connectivity index (χ3n) is 5.38. The summed E-state index contributed by atoms with van der Waals surface area (Å²) in [7, 11) is 0.140. The molecular weight excluding hydrogens is 560 g/mol. The summed E-state index contributed by atoms with van der Waals surface area (Å²) in [5.74, 6) is -4.29. The second kappa shape index (κ2) is 11.3. The predicted molar refractivity (Wildman–Crippen MR) is 135 cm³/mol. The zero-order valence-corrected chi connectivity index (χ0v) is 22.0. The molecular formula is C21H21N6O8S3+. The molecule has 1 saturated heterocycles. The SMILES string of the molecule is C[n+]1ccc(SCC2=C(C(=O)O)N3C(=O)[C@@H](NC(=O)C(=NOCC(=O)O)c4csc(N)n4)[C@H]3[S@@](=O)C2)cc1. The second-order valence-corrected chi connectivity index (χ2v) is 11.5. The van der Waals surface area contributed by atoms with Crippen molar-refractivity contribution >= 4 is 68.5 Å². The predicted octanol–water partition coefficient (Wildman–Crippen LogP) is -1.10. The molecule has 0 unspecified atom stereocenters. The normalized spacial score (nSPS) is 21.0. The third kappa shape index (κ3) is 5.68. The molecule has 200 valence electrons. The number of rotatable bonds is 10. The van der Waals surface area contributed by atoms with E-state index in [9.17, 15) is 28.5 Å². The monoisotopic (exact) mass is 581 g/mol. The van der Waals surface area contributed by atoms with Crippen LogP contribution in [0.25, 0.3) is 0 Å². The van der Waals surface area contributed by atoms with E-state index in [1.165, 1.54) is 17.1 Å². The standard InChI is InChI=1S/C21H20N6O8S3/c1-26-4-2-11(3-5-26)36-7-10-9-38(34)19-15(18(31)27(19)16(10)20(32)33)24-17(30)14(25-35-6-13(28)29)12-8-37-21(22)23-12/h2-5,8,15,19H,6-7,9H2,1H3,(H4-,22,23,24,28,29,30,32,33)/p+1/t15-,19-,38+/m1/s1. The number of nitrogen functional groups attached to an aromatic ring is 1. The van der Waals surface area contributed by atoms with Gasteiger partial charge in [0.2, 0.25) is 6.61 Å². The van der Waals surface area contributed by atoms with Gasteiger partial charge in [-0.1, -0.05) is 5.16 Å². The number of hydrogen-bond donors (Lipinski definition) is 4. The van der Waals surface area contributed by atoms with Gasteiger partial charge in [0.15, 0.2) is 23.2 Å². The van der Waals surface area contributed by atoms with E-state index in [4.69, 9.17) is 10.8 Å². The number of anilines is 1. The first-order valence-corrected chi connectivity index (χ1v) is 14.0. The summed E-state index contributed by atoms with van der Waals surface area (Å²) in [6, 6.07) is 2.40. The van der Waals surface area contributed by atoms with Gasteiger partial charge in [0.1, 0.15) is 29.9 Å². The molecule has 0 saturated carbocycles. The van der Waals surface area contributed by atoms with E-state index < -0.39 is 58.3 Å². The summed E-state index contributed by atoms with van der Waals surface area (Å²) in [6.07, 6.45) is 3.67. The van der Waals surface area contributed by atoms with Gasteiger partial charge in [0, 0.05) is 28.2 Å². The number of amides is 2. The Labute approximate surface area is 225 Å². The average molecular weight is 582 g/mol.